The van der Waals surface area contributed by atoms with Crippen molar-refractivity contribution in [1.82, 2.24) is 4.98 Å². The summed E-state index contributed by atoms with van der Waals surface area (Å²) in [7, 11) is 0. The van der Waals surface area contributed by atoms with Gasteiger partial charge in [-0.05, 0) is 19.8 Å². The Balaban J connectivity index is 2.14. The van der Waals surface area contributed by atoms with Gasteiger partial charge in [0.1, 0.15) is 6.10 Å². The Kier molecular flexibility index (Phi) is 3.15. The molecule has 0 radical (unpaired) electrons. The second-order valence-corrected chi connectivity index (χ2v) is 4.73. The van der Waals surface area contributed by atoms with Crippen LogP contribution in [0.1, 0.15) is 29.6 Å². The van der Waals surface area contributed by atoms with Crippen molar-refractivity contribution in [3.8, 4) is 0 Å². The molecule has 1 aliphatic heterocycles. The minimum atomic E-state index is 0.0127. The third-order valence-corrected chi connectivity index (χ3v) is 3.40. The van der Waals surface area contributed by atoms with Gasteiger partial charge < -0.3 is 9.84 Å². The topological polar surface area (TPSA) is 42.4 Å². The highest BCUT2D eigenvalue weighted by molar-refractivity contribution is 7.09. The summed E-state index contributed by atoms with van der Waals surface area (Å²) in [6.45, 7) is 2.98. The van der Waals surface area contributed by atoms with Gasteiger partial charge in [-0.15, -0.1) is 11.3 Å². The highest BCUT2D eigenvalue weighted by Crippen LogP contribution is 2.33. The molecule has 1 fully saturated rings. The van der Waals surface area contributed by atoms with Gasteiger partial charge in [0.05, 0.1) is 10.7 Å². The minimum absolute atomic E-state index is 0.0127. The Hall–Kier alpha value is -0.450. The second-order valence-electron chi connectivity index (χ2n) is 3.67. The molecule has 4 heteroatoms. The van der Waals surface area contributed by atoms with E-state index < -0.39 is 0 Å². The van der Waals surface area contributed by atoms with E-state index in [-0.39, 0.29) is 18.6 Å². The molecule has 0 amide bonds. The fraction of sp³-hybridized carbons (Fsp3) is 0.700. The summed E-state index contributed by atoms with van der Waals surface area (Å²) in [6.07, 6.45) is 2.10. The SMILES string of the molecule is Cc1nc(C2OCCCC2CO)cs1. The first-order valence-electron chi connectivity index (χ1n) is 4.95. The van der Waals surface area contributed by atoms with Crippen LogP contribution in [0.4, 0.5) is 0 Å². The summed E-state index contributed by atoms with van der Waals surface area (Å²) in [5.74, 6) is 0.227. The molecule has 1 N–H and O–H groups in total. The standard InChI is InChI=1S/C10H15NO2S/c1-7-11-9(6-14-7)10-8(5-12)3-2-4-13-10/h6,8,10,12H,2-5H2,1H3. The first kappa shape index (κ1) is 10.1. The molecule has 2 unspecified atom stereocenters. The molecular weight excluding hydrogens is 198 g/mol. The predicted octanol–water partition coefficient (Wildman–Crippen LogP) is 1.91. The van der Waals surface area contributed by atoms with Gasteiger partial charge in [-0.2, -0.15) is 0 Å². The summed E-state index contributed by atoms with van der Waals surface area (Å²) in [5, 5.41) is 12.3. The first-order chi connectivity index (χ1) is 6.81. The van der Waals surface area contributed by atoms with Crippen molar-refractivity contribution in [1.29, 1.82) is 0 Å². The molecule has 1 aliphatic rings. The molecule has 2 rings (SSSR count). The van der Waals surface area contributed by atoms with Crippen LogP contribution in [0.15, 0.2) is 5.38 Å². The summed E-state index contributed by atoms with van der Waals surface area (Å²) in [6, 6.07) is 0. The van der Waals surface area contributed by atoms with Gasteiger partial charge in [-0.3, -0.25) is 0 Å². The summed E-state index contributed by atoms with van der Waals surface area (Å²) < 4.78 is 5.66. The van der Waals surface area contributed by atoms with Gasteiger partial charge in [-0.25, -0.2) is 4.98 Å². The van der Waals surface area contributed by atoms with Crippen LogP contribution in [0.3, 0.4) is 0 Å². The van der Waals surface area contributed by atoms with Crippen molar-refractivity contribution < 1.29 is 9.84 Å². The van der Waals surface area contributed by atoms with Crippen molar-refractivity contribution in [2.75, 3.05) is 13.2 Å². The molecule has 1 saturated heterocycles. The van der Waals surface area contributed by atoms with E-state index in [1.54, 1.807) is 11.3 Å². The summed E-state index contributed by atoms with van der Waals surface area (Å²) in [5.41, 5.74) is 0.992. The number of nitrogens with zero attached hydrogens (tertiary/aromatic N) is 1. The van der Waals surface area contributed by atoms with E-state index in [4.69, 9.17) is 4.74 Å². The van der Waals surface area contributed by atoms with Gasteiger partial charge in [0, 0.05) is 24.5 Å². The lowest BCUT2D eigenvalue weighted by Crippen LogP contribution is -2.25. The van der Waals surface area contributed by atoms with Crippen LogP contribution in [-0.4, -0.2) is 23.3 Å². The van der Waals surface area contributed by atoms with Crippen LogP contribution in [-0.2, 0) is 4.74 Å². The summed E-state index contributed by atoms with van der Waals surface area (Å²) in [4.78, 5) is 4.41. The number of hydrogen-bond donors (Lipinski definition) is 1. The quantitative estimate of drug-likeness (QED) is 0.816. The summed E-state index contributed by atoms with van der Waals surface area (Å²) >= 11 is 1.64. The van der Waals surface area contributed by atoms with Crippen LogP contribution in [0.5, 0.6) is 0 Å². The second kappa shape index (κ2) is 4.38. The molecule has 0 aliphatic carbocycles. The van der Waals surface area contributed by atoms with Crippen LogP contribution in [0, 0.1) is 12.8 Å². The van der Waals surface area contributed by atoms with Crippen LogP contribution >= 0.6 is 11.3 Å². The third-order valence-electron chi connectivity index (χ3n) is 2.61. The third kappa shape index (κ3) is 1.97. The molecule has 2 heterocycles. The molecule has 0 spiro atoms. The molecular formula is C10H15NO2S. The smallest absolute Gasteiger partial charge is 0.105 e. The van der Waals surface area contributed by atoms with Gasteiger partial charge in [-0.1, -0.05) is 0 Å². The van der Waals surface area contributed by atoms with Gasteiger partial charge in [0.15, 0.2) is 0 Å². The maximum Gasteiger partial charge on any atom is 0.105 e. The Bertz CT molecular complexity index is 300. The van der Waals surface area contributed by atoms with E-state index in [1.165, 1.54) is 0 Å². The Morgan fingerprint density at radius 3 is 3.21 bits per heavy atom. The van der Waals surface area contributed by atoms with Crippen molar-refractivity contribution in [2.24, 2.45) is 5.92 Å². The number of aliphatic hydroxyl groups excluding tert-OH is 1. The zero-order valence-electron chi connectivity index (χ0n) is 8.27. The zero-order chi connectivity index (χ0) is 9.97. The van der Waals surface area contributed by atoms with E-state index in [9.17, 15) is 5.11 Å². The Morgan fingerprint density at radius 1 is 1.71 bits per heavy atom. The van der Waals surface area contributed by atoms with Crippen LogP contribution in [0.2, 0.25) is 0 Å². The van der Waals surface area contributed by atoms with E-state index in [2.05, 4.69) is 4.98 Å². The van der Waals surface area contributed by atoms with Gasteiger partial charge in [0.25, 0.3) is 0 Å². The van der Waals surface area contributed by atoms with Crippen molar-refractivity contribution in [3.63, 3.8) is 0 Å². The van der Waals surface area contributed by atoms with E-state index >= 15 is 0 Å². The lowest BCUT2D eigenvalue weighted by atomic mass is 9.93. The number of hydrogen-bond acceptors (Lipinski definition) is 4. The number of aromatic nitrogens is 1. The van der Waals surface area contributed by atoms with E-state index in [1.807, 2.05) is 12.3 Å². The maximum absolute atomic E-state index is 9.23. The van der Waals surface area contributed by atoms with Crippen molar-refractivity contribution in [2.45, 2.75) is 25.9 Å². The number of thiazole rings is 1. The highest BCUT2D eigenvalue weighted by Gasteiger charge is 2.28. The lowest BCUT2D eigenvalue weighted by Gasteiger charge is -2.29. The average Bonchev–Trinajstić information content (AvgIpc) is 2.65. The molecule has 3 nitrogen and oxygen atoms in total. The highest BCUT2D eigenvalue weighted by atomic mass is 32.1. The van der Waals surface area contributed by atoms with Crippen LogP contribution in [0.25, 0.3) is 0 Å². The average molecular weight is 213 g/mol. The Morgan fingerprint density at radius 2 is 2.57 bits per heavy atom. The molecule has 1 aromatic heterocycles. The number of aryl methyl sites for hydroxylation is 1. The first-order valence-corrected chi connectivity index (χ1v) is 5.83. The van der Waals surface area contributed by atoms with Gasteiger partial charge in [0.2, 0.25) is 0 Å². The molecule has 0 saturated carbocycles. The normalized spacial score (nSPS) is 27.9. The molecule has 0 bridgehead atoms. The largest absolute Gasteiger partial charge is 0.396 e. The number of rotatable bonds is 2. The van der Waals surface area contributed by atoms with Crippen molar-refractivity contribution in [3.05, 3.63) is 16.1 Å². The minimum Gasteiger partial charge on any atom is -0.396 e. The molecule has 78 valence electrons. The number of aliphatic hydroxyl groups is 1. The Labute approximate surface area is 87.7 Å². The lowest BCUT2D eigenvalue weighted by molar-refractivity contribution is -0.0477. The van der Waals surface area contributed by atoms with Crippen LogP contribution < -0.4 is 0 Å². The van der Waals surface area contributed by atoms with E-state index in [0.29, 0.717) is 0 Å². The molecule has 2 atom stereocenters. The zero-order valence-corrected chi connectivity index (χ0v) is 9.09. The molecule has 1 aromatic rings. The molecule has 0 aromatic carbocycles. The predicted molar refractivity (Wildman–Crippen MR) is 55.4 cm³/mol. The number of ether oxygens (including phenoxy) is 1. The van der Waals surface area contributed by atoms with Crippen molar-refractivity contribution >= 4 is 11.3 Å². The fourth-order valence-corrected chi connectivity index (χ4v) is 2.50. The molecule has 14 heavy (non-hydrogen) atoms. The monoisotopic (exact) mass is 213 g/mol. The van der Waals surface area contributed by atoms with Gasteiger partial charge >= 0.3 is 0 Å². The fourth-order valence-electron chi connectivity index (χ4n) is 1.87. The maximum atomic E-state index is 9.23. The van der Waals surface area contributed by atoms with E-state index in [0.717, 1.165) is 30.2 Å².